The molecule has 1 aliphatic heterocycles. The van der Waals surface area contributed by atoms with Crippen LogP contribution in [-0.4, -0.2) is 59.8 Å². The molecule has 1 saturated heterocycles. The summed E-state index contributed by atoms with van der Waals surface area (Å²) in [4.78, 5) is 13.2. The molecule has 0 amide bonds. The lowest BCUT2D eigenvalue weighted by Crippen LogP contribution is -2.33. The van der Waals surface area contributed by atoms with Gasteiger partial charge in [-0.05, 0) is 6.42 Å². The van der Waals surface area contributed by atoms with E-state index in [0.717, 1.165) is 19.3 Å². The van der Waals surface area contributed by atoms with Crippen molar-refractivity contribution in [3.05, 3.63) is 12.2 Å². The third-order valence-electron chi connectivity index (χ3n) is 6.04. The Balaban J connectivity index is 1.53. The summed E-state index contributed by atoms with van der Waals surface area (Å²) in [5.74, 6) is 0.927. The van der Waals surface area contributed by atoms with Crippen molar-refractivity contribution in [1.29, 1.82) is 0 Å². The molecule has 174 valence electrons. The first kappa shape index (κ1) is 23.8. The van der Waals surface area contributed by atoms with Crippen LogP contribution in [0.3, 0.4) is 0 Å². The van der Waals surface area contributed by atoms with Gasteiger partial charge in [0.05, 0.1) is 12.9 Å². The lowest BCUT2D eigenvalue weighted by atomic mass is 10.1. The Labute approximate surface area is 183 Å². The Morgan fingerprint density at radius 3 is 2.23 bits per heavy atom. The maximum atomic E-state index is 10.3. The summed E-state index contributed by atoms with van der Waals surface area (Å²) in [6.07, 6.45) is 10.7. The number of fused-ring (bicyclic) bond motifs is 1. The van der Waals surface area contributed by atoms with Crippen molar-refractivity contribution < 1.29 is 20.1 Å². The van der Waals surface area contributed by atoms with E-state index in [1.807, 2.05) is 0 Å². The van der Waals surface area contributed by atoms with Crippen LogP contribution in [0.15, 0.2) is 6.33 Å². The molecular weight excluding hydrogens is 398 g/mol. The molecule has 2 aromatic rings. The zero-order chi connectivity index (χ0) is 22.2. The summed E-state index contributed by atoms with van der Waals surface area (Å²) in [6.45, 7) is 1.86. The standard InChI is InChI=1S/C22H37N5O4/c1-2-3-4-5-6-7-8-9-10-11-12-16-25-20(23)17-21(26-16)27(14-24-17)22-19(30)18(29)15(13-28)31-22/h14-15,18-19,22,28-30H,2-13H2,1H3,(H2,23,25,26)/t15-,18-,19+,22-/m1/s1. The summed E-state index contributed by atoms with van der Waals surface area (Å²) in [5, 5.41) is 29.7. The van der Waals surface area contributed by atoms with E-state index in [1.54, 1.807) is 4.57 Å². The molecule has 31 heavy (non-hydrogen) atoms. The van der Waals surface area contributed by atoms with Gasteiger partial charge in [0, 0.05) is 6.42 Å². The van der Waals surface area contributed by atoms with E-state index in [-0.39, 0.29) is 12.4 Å². The average Bonchev–Trinajstić information content (AvgIpc) is 3.31. The van der Waals surface area contributed by atoms with Gasteiger partial charge in [-0.15, -0.1) is 0 Å². The van der Waals surface area contributed by atoms with Crippen LogP contribution >= 0.6 is 0 Å². The molecular formula is C22H37N5O4. The third-order valence-corrected chi connectivity index (χ3v) is 6.04. The highest BCUT2D eigenvalue weighted by molar-refractivity contribution is 5.81. The highest BCUT2D eigenvalue weighted by Crippen LogP contribution is 2.32. The summed E-state index contributed by atoms with van der Waals surface area (Å²) >= 11 is 0. The van der Waals surface area contributed by atoms with Gasteiger partial charge in [-0.25, -0.2) is 15.0 Å². The maximum absolute atomic E-state index is 10.3. The van der Waals surface area contributed by atoms with Crippen molar-refractivity contribution in [2.75, 3.05) is 12.3 Å². The van der Waals surface area contributed by atoms with Gasteiger partial charge >= 0.3 is 0 Å². The van der Waals surface area contributed by atoms with Crippen LogP contribution in [-0.2, 0) is 11.2 Å². The first-order chi connectivity index (χ1) is 15.1. The summed E-state index contributed by atoms with van der Waals surface area (Å²) in [7, 11) is 0. The number of aryl methyl sites for hydroxylation is 1. The number of imidazole rings is 1. The minimum Gasteiger partial charge on any atom is -0.394 e. The van der Waals surface area contributed by atoms with E-state index in [9.17, 15) is 15.3 Å². The predicted molar refractivity (Wildman–Crippen MR) is 118 cm³/mol. The van der Waals surface area contributed by atoms with E-state index >= 15 is 0 Å². The first-order valence-electron chi connectivity index (χ1n) is 11.7. The molecule has 5 N–H and O–H groups in total. The number of aromatic nitrogens is 4. The van der Waals surface area contributed by atoms with Gasteiger partial charge in [-0.3, -0.25) is 4.57 Å². The van der Waals surface area contributed by atoms with Gasteiger partial charge in [-0.2, -0.15) is 0 Å². The molecule has 0 bridgehead atoms. The van der Waals surface area contributed by atoms with Crippen LogP contribution < -0.4 is 5.73 Å². The van der Waals surface area contributed by atoms with Crippen LogP contribution in [0.2, 0.25) is 0 Å². The fourth-order valence-corrected chi connectivity index (χ4v) is 4.16. The fourth-order valence-electron chi connectivity index (χ4n) is 4.16. The Morgan fingerprint density at radius 1 is 0.968 bits per heavy atom. The number of aliphatic hydroxyl groups is 3. The molecule has 0 radical (unpaired) electrons. The second-order valence-electron chi connectivity index (χ2n) is 8.51. The molecule has 0 spiro atoms. The molecule has 3 rings (SSSR count). The Bertz CT molecular complexity index is 815. The van der Waals surface area contributed by atoms with E-state index in [0.29, 0.717) is 17.0 Å². The van der Waals surface area contributed by atoms with Crippen molar-refractivity contribution in [1.82, 2.24) is 19.5 Å². The van der Waals surface area contributed by atoms with Crippen molar-refractivity contribution in [2.45, 2.75) is 102 Å². The Morgan fingerprint density at radius 2 is 1.61 bits per heavy atom. The monoisotopic (exact) mass is 435 g/mol. The van der Waals surface area contributed by atoms with E-state index in [4.69, 9.17) is 10.5 Å². The fraction of sp³-hybridized carbons (Fsp3) is 0.773. The molecule has 0 unspecified atom stereocenters. The third kappa shape index (κ3) is 5.91. The molecule has 9 nitrogen and oxygen atoms in total. The molecule has 3 heterocycles. The number of hydrogen-bond acceptors (Lipinski definition) is 8. The molecule has 1 aliphatic rings. The maximum Gasteiger partial charge on any atom is 0.167 e. The lowest BCUT2D eigenvalue weighted by Gasteiger charge is -2.16. The van der Waals surface area contributed by atoms with Gasteiger partial charge in [0.2, 0.25) is 0 Å². The number of nitrogen functional groups attached to an aromatic ring is 1. The average molecular weight is 436 g/mol. The minimum absolute atomic E-state index is 0.289. The zero-order valence-corrected chi connectivity index (χ0v) is 18.5. The molecule has 4 atom stereocenters. The molecule has 0 aliphatic carbocycles. The first-order valence-corrected chi connectivity index (χ1v) is 11.7. The second kappa shape index (κ2) is 11.7. The number of nitrogens with two attached hydrogens (primary N) is 1. The minimum atomic E-state index is -1.20. The van der Waals surface area contributed by atoms with Crippen molar-refractivity contribution in [2.24, 2.45) is 0 Å². The number of nitrogens with zero attached hydrogens (tertiary/aromatic N) is 4. The number of aliphatic hydroxyl groups excluding tert-OH is 3. The largest absolute Gasteiger partial charge is 0.394 e. The highest BCUT2D eigenvalue weighted by Gasteiger charge is 2.44. The predicted octanol–water partition coefficient (Wildman–Crippen LogP) is 2.48. The lowest BCUT2D eigenvalue weighted by molar-refractivity contribution is -0.0511. The quantitative estimate of drug-likeness (QED) is 0.352. The summed E-state index contributed by atoms with van der Waals surface area (Å²) in [5.41, 5.74) is 6.98. The Hall–Kier alpha value is -1.81. The van der Waals surface area contributed by atoms with Crippen molar-refractivity contribution in [3.8, 4) is 0 Å². The number of ether oxygens (including phenoxy) is 1. The molecule has 2 aromatic heterocycles. The van der Waals surface area contributed by atoms with Gasteiger partial charge in [0.25, 0.3) is 0 Å². The van der Waals surface area contributed by atoms with Crippen LogP contribution in [0.5, 0.6) is 0 Å². The number of hydrogen-bond donors (Lipinski definition) is 4. The second-order valence-corrected chi connectivity index (χ2v) is 8.51. The molecule has 1 fully saturated rings. The molecule has 0 aromatic carbocycles. The number of unbranched alkanes of at least 4 members (excludes halogenated alkanes) is 9. The van der Waals surface area contributed by atoms with E-state index in [1.165, 1.54) is 57.7 Å². The SMILES string of the molecule is CCCCCCCCCCCCc1nc(N)c2ncn([C@@H]3O[C@H](CO)[C@@H](O)[C@@H]3O)c2n1. The van der Waals surface area contributed by atoms with Crippen LogP contribution in [0, 0.1) is 0 Å². The van der Waals surface area contributed by atoms with Crippen LogP contribution in [0.25, 0.3) is 11.2 Å². The van der Waals surface area contributed by atoms with Crippen molar-refractivity contribution >= 4 is 17.0 Å². The topological polar surface area (TPSA) is 140 Å². The van der Waals surface area contributed by atoms with Gasteiger partial charge < -0.3 is 25.8 Å². The normalized spacial score (nSPS) is 23.7. The highest BCUT2D eigenvalue weighted by atomic mass is 16.6. The summed E-state index contributed by atoms with van der Waals surface area (Å²) < 4.78 is 7.16. The number of rotatable bonds is 13. The number of anilines is 1. The van der Waals surface area contributed by atoms with Gasteiger partial charge in [0.1, 0.15) is 29.7 Å². The van der Waals surface area contributed by atoms with E-state index < -0.39 is 24.5 Å². The van der Waals surface area contributed by atoms with Crippen LogP contribution in [0.1, 0.15) is 83.2 Å². The van der Waals surface area contributed by atoms with Gasteiger partial charge in [0.15, 0.2) is 17.7 Å². The Kier molecular flexibility index (Phi) is 9.01. The smallest absolute Gasteiger partial charge is 0.167 e. The van der Waals surface area contributed by atoms with Crippen LogP contribution in [0.4, 0.5) is 5.82 Å². The zero-order valence-electron chi connectivity index (χ0n) is 18.5. The van der Waals surface area contributed by atoms with Gasteiger partial charge in [-0.1, -0.05) is 64.7 Å². The van der Waals surface area contributed by atoms with E-state index in [2.05, 4.69) is 21.9 Å². The molecule has 9 heteroatoms. The molecule has 0 saturated carbocycles. The summed E-state index contributed by atoms with van der Waals surface area (Å²) in [6, 6.07) is 0. The van der Waals surface area contributed by atoms with Crippen molar-refractivity contribution in [3.63, 3.8) is 0 Å².